The van der Waals surface area contributed by atoms with E-state index >= 15 is 0 Å². The Morgan fingerprint density at radius 2 is 2.00 bits per heavy atom. The number of thiol groups is 1. The molecule has 2 N–H and O–H groups in total. The molecule has 0 saturated heterocycles. The number of aromatic nitrogens is 1. The number of nitrogens with one attached hydrogen (secondary N) is 2. The third-order valence-electron chi connectivity index (χ3n) is 1.92. The highest BCUT2D eigenvalue weighted by molar-refractivity contribution is 7.81. The molecular formula is C10H13ClF3N2S+. The zero-order valence-corrected chi connectivity index (χ0v) is 11.0. The van der Waals surface area contributed by atoms with Crippen molar-refractivity contribution in [1.82, 2.24) is 0 Å². The van der Waals surface area contributed by atoms with E-state index in [0.717, 1.165) is 12.3 Å². The largest absolute Gasteiger partial charge is 0.419 e. The van der Waals surface area contributed by atoms with Gasteiger partial charge < -0.3 is 0 Å². The van der Waals surface area contributed by atoms with Crippen LogP contribution in [0.4, 0.5) is 19.0 Å². The second-order valence-electron chi connectivity index (χ2n) is 4.28. The molecule has 96 valence electrons. The molecule has 2 nitrogen and oxygen atoms in total. The van der Waals surface area contributed by atoms with Gasteiger partial charge in [0.25, 0.3) is 5.82 Å². The van der Waals surface area contributed by atoms with Crippen molar-refractivity contribution in [3.63, 3.8) is 0 Å². The van der Waals surface area contributed by atoms with Crippen LogP contribution in [-0.4, -0.2) is 11.3 Å². The number of alkyl halides is 3. The van der Waals surface area contributed by atoms with E-state index in [1.165, 1.54) is 0 Å². The maximum absolute atomic E-state index is 12.4. The molecule has 0 amide bonds. The van der Waals surface area contributed by atoms with Gasteiger partial charge in [-0.25, -0.2) is 4.98 Å². The van der Waals surface area contributed by atoms with E-state index in [0.29, 0.717) is 12.4 Å². The molecule has 1 rings (SSSR count). The smallest absolute Gasteiger partial charge is 0.272 e. The molecule has 0 bridgehead atoms. The van der Waals surface area contributed by atoms with Crippen LogP contribution in [0.25, 0.3) is 0 Å². The summed E-state index contributed by atoms with van der Waals surface area (Å²) in [5.41, 5.74) is -0.807. The van der Waals surface area contributed by atoms with Crippen LogP contribution in [-0.2, 0) is 6.18 Å². The number of rotatable bonds is 3. The third-order valence-corrected chi connectivity index (χ3v) is 2.37. The molecule has 0 atom stereocenters. The highest BCUT2D eigenvalue weighted by atomic mass is 35.5. The van der Waals surface area contributed by atoms with E-state index in [4.69, 9.17) is 11.6 Å². The molecule has 0 fully saturated rings. The van der Waals surface area contributed by atoms with Gasteiger partial charge in [0, 0.05) is 4.75 Å². The lowest BCUT2D eigenvalue weighted by atomic mass is 10.2. The zero-order chi connectivity index (χ0) is 13.3. The predicted molar refractivity (Wildman–Crippen MR) is 64.6 cm³/mol. The third kappa shape index (κ3) is 4.63. The zero-order valence-electron chi connectivity index (χ0n) is 9.32. The van der Waals surface area contributed by atoms with Crippen LogP contribution >= 0.6 is 24.2 Å². The van der Waals surface area contributed by atoms with Crippen molar-refractivity contribution < 1.29 is 18.2 Å². The minimum atomic E-state index is -4.40. The fraction of sp³-hybridized carbons (Fsp3) is 0.500. The standard InChI is InChI=1S/C10H12ClF3N2S/c1-9(2,17)5-16-8-7(11)3-6(4-15-8)10(12,13)14/h3-4,17H,5H2,1-2H3,(H,15,16)/p+1. The Balaban J connectivity index is 2.84. The maximum atomic E-state index is 12.4. The first-order chi connectivity index (χ1) is 7.59. The van der Waals surface area contributed by atoms with Crippen LogP contribution in [0.2, 0.25) is 5.02 Å². The number of hydrogen-bond acceptors (Lipinski definition) is 2. The number of aromatic amines is 1. The molecule has 0 spiro atoms. The second-order valence-corrected chi connectivity index (χ2v) is 5.89. The van der Waals surface area contributed by atoms with Gasteiger partial charge in [-0.15, -0.1) is 0 Å². The minimum absolute atomic E-state index is 0.00240. The van der Waals surface area contributed by atoms with Gasteiger partial charge in [0.05, 0.1) is 12.1 Å². The molecule has 17 heavy (non-hydrogen) atoms. The van der Waals surface area contributed by atoms with Gasteiger partial charge in [-0.05, 0) is 19.9 Å². The Morgan fingerprint density at radius 1 is 1.41 bits per heavy atom. The van der Waals surface area contributed by atoms with E-state index in [1.807, 2.05) is 13.8 Å². The van der Waals surface area contributed by atoms with E-state index in [9.17, 15) is 13.2 Å². The van der Waals surface area contributed by atoms with Gasteiger partial charge in [0.15, 0.2) is 0 Å². The minimum Gasteiger partial charge on any atom is -0.272 e. The number of H-pyrrole nitrogens is 1. The van der Waals surface area contributed by atoms with Crippen molar-refractivity contribution in [3.8, 4) is 0 Å². The van der Waals surface area contributed by atoms with Crippen molar-refractivity contribution in [3.05, 3.63) is 22.8 Å². The number of halogens is 4. The van der Waals surface area contributed by atoms with Gasteiger partial charge in [-0.2, -0.15) is 25.8 Å². The summed E-state index contributed by atoms with van der Waals surface area (Å²) < 4.78 is 36.8. The number of anilines is 1. The summed E-state index contributed by atoms with van der Waals surface area (Å²) in [5, 5.41) is 2.90. The highest BCUT2D eigenvalue weighted by Gasteiger charge is 2.33. The summed E-state index contributed by atoms with van der Waals surface area (Å²) in [6.07, 6.45) is -3.53. The average Bonchev–Trinajstić information content (AvgIpc) is 2.12. The van der Waals surface area contributed by atoms with Crippen LogP contribution < -0.4 is 10.3 Å². The molecular weight excluding hydrogens is 273 g/mol. The molecule has 0 radical (unpaired) electrons. The molecule has 0 aliphatic rings. The number of pyridine rings is 1. The van der Waals surface area contributed by atoms with Crippen molar-refractivity contribution in [2.45, 2.75) is 24.8 Å². The molecule has 0 saturated carbocycles. The van der Waals surface area contributed by atoms with E-state index in [-0.39, 0.29) is 9.77 Å². The van der Waals surface area contributed by atoms with Crippen LogP contribution in [0, 0.1) is 0 Å². The summed E-state index contributed by atoms with van der Waals surface area (Å²) in [5.74, 6) is 0.349. The Labute approximate surface area is 108 Å². The summed E-state index contributed by atoms with van der Waals surface area (Å²) in [7, 11) is 0. The Hall–Kier alpha value is -0.620. The SMILES string of the molecule is CC(C)(S)CNc1[nH+]cc(C(F)(F)F)cc1Cl. The number of hydrogen-bond donors (Lipinski definition) is 2. The summed E-state index contributed by atoms with van der Waals surface area (Å²) in [4.78, 5) is 2.49. The van der Waals surface area contributed by atoms with E-state index in [2.05, 4.69) is 22.9 Å². The molecule has 7 heteroatoms. The second kappa shape index (κ2) is 4.94. The quantitative estimate of drug-likeness (QED) is 0.819. The Bertz CT molecular complexity index is 402. The maximum Gasteiger partial charge on any atom is 0.419 e. The predicted octanol–water partition coefficient (Wildman–Crippen LogP) is 3.29. The molecule has 1 aromatic rings. The fourth-order valence-electron chi connectivity index (χ4n) is 1.07. The Kier molecular flexibility index (Phi) is 4.19. The van der Waals surface area contributed by atoms with Crippen LogP contribution in [0.3, 0.4) is 0 Å². The molecule has 0 unspecified atom stereocenters. The normalized spacial score (nSPS) is 12.6. The van der Waals surface area contributed by atoms with Crippen molar-refractivity contribution >= 4 is 30.0 Å². The van der Waals surface area contributed by atoms with Gasteiger partial charge in [-0.3, -0.25) is 5.32 Å². The lowest BCUT2D eigenvalue weighted by Crippen LogP contribution is -2.27. The first kappa shape index (κ1) is 14.4. The molecule has 0 aliphatic carbocycles. The van der Waals surface area contributed by atoms with Gasteiger partial charge >= 0.3 is 6.18 Å². The van der Waals surface area contributed by atoms with Crippen molar-refractivity contribution in [2.24, 2.45) is 0 Å². The summed E-state index contributed by atoms with van der Waals surface area (Å²) in [6.45, 7) is 4.22. The molecule has 1 aromatic heterocycles. The van der Waals surface area contributed by atoms with Crippen LogP contribution in [0.15, 0.2) is 12.3 Å². The molecule has 0 aliphatic heterocycles. The highest BCUT2D eigenvalue weighted by Crippen LogP contribution is 2.31. The van der Waals surface area contributed by atoms with E-state index < -0.39 is 11.7 Å². The lowest BCUT2D eigenvalue weighted by molar-refractivity contribution is -0.364. The average molecular weight is 286 g/mol. The van der Waals surface area contributed by atoms with Crippen LogP contribution in [0.1, 0.15) is 19.4 Å². The lowest BCUT2D eigenvalue weighted by Gasteiger charge is -2.14. The summed E-state index contributed by atoms with van der Waals surface area (Å²) in [6, 6.07) is 0.881. The molecule has 0 aromatic carbocycles. The van der Waals surface area contributed by atoms with Gasteiger partial charge in [0.1, 0.15) is 11.2 Å². The first-order valence-corrected chi connectivity index (χ1v) is 5.67. The van der Waals surface area contributed by atoms with Crippen molar-refractivity contribution in [2.75, 3.05) is 11.9 Å². The summed E-state index contributed by atoms with van der Waals surface area (Å²) >= 11 is 10.0. The van der Waals surface area contributed by atoms with Crippen molar-refractivity contribution in [1.29, 1.82) is 0 Å². The topological polar surface area (TPSA) is 26.2 Å². The fourth-order valence-corrected chi connectivity index (χ4v) is 1.39. The monoisotopic (exact) mass is 285 g/mol. The van der Waals surface area contributed by atoms with Gasteiger partial charge in [0.2, 0.25) is 0 Å². The first-order valence-electron chi connectivity index (χ1n) is 4.84. The Morgan fingerprint density at radius 3 is 2.41 bits per heavy atom. The molecule has 1 heterocycles. The van der Waals surface area contributed by atoms with E-state index in [1.54, 1.807) is 0 Å². The van der Waals surface area contributed by atoms with Gasteiger partial charge in [-0.1, -0.05) is 11.6 Å². The van der Waals surface area contributed by atoms with Crippen LogP contribution in [0.5, 0.6) is 0 Å².